The molecule has 0 radical (unpaired) electrons. The number of anilines is 1. The van der Waals surface area contributed by atoms with Crippen LogP contribution in [0.4, 0.5) is 5.69 Å². The van der Waals surface area contributed by atoms with Crippen LogP contribution >= 0.6 is 11.8 Å². The van der Waals surface area contributed by atoms with Gasteiger partial charge in [-0.2, -0.15) is 0 Å². The topological polar surface area (TPSA) is 38.9 Å². The van der Waals surface area contributed by atoms with E-state index in [-0.39, 0.29) is 0 Å². The molecular formula is C16H20N2S. The lowest BCUT2D eigenvalue weighted by Gasteiger charge is -2.26. The molecule has 19 heavy (non-hydrogen) atoms. The van der Waals surface area contributed by atoms with Crippen molar-refractivity contribution in [1.29, 1.82) is 0 Å². The van der Waals surface area contributed by atoms with Crippen molar-refractivity contribution in [2.24, 2.45) is 5.92 Å². The van der Waals surface area contributed by atoms with Gasteiger partial charge in [-0.05, 0) is 43.0 Å². The molecule has 2 nitrogen and oxygen atoms in total. The number of nitrogen functional groups attached to an aromatic ring is 1. The van der Waals surface area contributed by atoms with Gasteiger partial charge in [-0.3, -0.25) is 4.98 Å². The number of fused-ring (bicyclic) bond motifs is 1. The first-order valence-corrected chi connectivity index (χ1v) is 7.92. The number of thioether (sulfide) groups is 1. The lowest BCUT2D eigenvalue weighted by molar-refractivity contribution is 0.394. The van der Waals surface area contributed by atoms with Gasteiger partial charge in [0.1, 0.15) is 0 Å². The van der Waals surface area contributed by atoms with Crippen LogP contribution in [0, 0.1) is 5.92 Å². The van der Waals surface area contributed by atoms with E-state index in [4.69, 9.17) is 5.73 Å². The second kappa shape index (κ2) is 5.41. The van der Waals surface area contributed by atoms with E-state index >= 15 is 0 Å². The van der Waals surface area contributed by atoms with Crippen molar-refractivity contribution in [1.82, 2.24) is 4.98 Å². The number of nitrogens with zero attached hydrogens (tertiary/aromatic N) is 1. The number of benzene rings is 1. The standard InChI is InChI=1S/C16H20N2S/c1-11-4-2-5-12(10-11)19-15-8-7-14-13(16(15)17)6-3-9-18-14/h3,6-9,11-12H,2,4-5,10,17H2,1H3. The maximum Gasteiger partial charge on any atom is 0.0723 e. The van der Waals surface area contributed by atoms with Gasteiger partial charge in [0.25, 0.3) is 0 Å². The van der Waals surface area contributed by atoms with Crippen LogP contribution in [0.3, 0.4) is 0 Å². The molecule has 3 rings (SSSR count). The van der Waals surface area contributed by atoms with Gasteiger partial charge in [0.05, 0.1) is 11.2 Å². The third-order valence-electron chi connectivity index (χ3n) is 3.97. The quantitative estimate of drug-likeness (QED) is 0.819. The number of nitrogens with two attached hydrogens (primary N) is 1. The van der Waals surface area contributed by atoms with E-state index in [9.17, 15) is 0 Å². The van der Waals surface area contributed by atoms with Crippen molar-refractivity contribution in [3.8, 4) is 0 Å². The molecule has 1 aliphatic rings. The molecule has 0 amide bonds. The molecule has 0 saturated heterocycles. The summed E-state index contributed by atoms with van der Waals surface area (Å²) < 4.78 is 0. The van der Waals surface area contributed by atoms with Crippen molar-refractivity contribution in [2.75, 3.05) is 5.73 Å². The Labute approximate surface area is 118 Å². The van der Waals surface area contributed by atoms with Crippen LogP contribution in [0.1, 0.15) is 32.6 Å². The molecule has 1 aliphatic carbocycles. The van der Waals surface area contributed by atoms with Gasteiger partial charge in [0.15, 0.2) is 0 Å². The summed E-state index contributed by atoms with van der Waals surface area (Å²) in [5.74, 6) is 0.856. The van der Waals surface area contributed by atoms with E-state index in [1.807, 2.05) is 24.0 Å². The Morgan fingerprint density at radius 2 is 2.16 bits per heavy atom. The maximum atomic E-state index is 6.31. The van der Waals surface area contributed by atoms with Crippen LogP contribution in [0.5, 0.6) is 0 Å². The van der Waals surface area contributed by atoms with Gasteiger partial charge in [0, 0.05) is 21.7 Å². The molecule has 3 heteroatoms. The van der Waals surface area contributed by atoms with Gasteiger partial charge in [0.2, 0.25) is 0 Å². The van der Waals surface area contributed by atoms with Crippen molar-refractivity contribution in [2.45, 2.75) is 42.8 Å². The molecule has 2 aromatic rings. The van der Waals surface area contributed by atoms with Gasteiger partial charge in [-0.15, -0.1) is 11.8 Å². The first-order valence-electron chi connectivity index (χ1n) is 7.04. The Bertz CT molecular complexity index is 582. The van der Waals surface area contributed by atoms with E-state index in [1.165, 1.54) is 30.6 Å². The summed E-state index contributed by atoms with van der Waals surface area (Å²) in [5, 5.41) is 1.80. The van der Waals surface area contributed by atoms with Gasteiger partial charge in [-0.25, -0.2) is 0 Å². The zero-order valence-electron chi connectivity index (χ0n) is 11.3. The minimum atomic E-state index is 0.722. The molecule has 0 spiro atoms. The molecule has 1 saturated carbocycles. The van der Waals surface area contributed by atoms with E-state index in [0.717, 1.165) is 27.8 Å². The van der Waals surface area contributed by atoms with Crippen molar-refractivity contribution >= 4 is 28.4 Å². The largest absolute Gasteiger partial charge is 0.397 e. The molecule has 2 unspecified atom stereocenters. The first-order chi connectivity index (χ1) is 9.24. The highest BCUT2D eigenvalue weighted by Crippen LogP contribution is 2.39. The summed E-state index contributed by atoms with van der Waals surface area (Å²) in [6, 6.07) is 8.23. The molecule has 1 fully saturated rings. The molecule has 1 heterocycles. The van der Waals surface area contributed by atoms with Crippen LogP contribution in [0.2, 0.25) is 0 Å². The molecule has 2 atom stereocenters. The minimum Gasteiger partial charge on any atom is -0.397 e. The summed E-state index contributed by atoms with van der Waals surface area (Å²) in [4.78, 5) is 5.57. The Morgan fingerprint density at radius 1 is 1.26 bits per heavy atom. The Morgan fingerprint density at radius 3 is 3.00 bits per heavy atom. The fraction of sp³-hybridized carbons (Fsp3) is 0.438. The Kier molecular flexibility index (Phi) is 3.65. The zero-order valence-corrected chi connectivity index (χ0v) is 12.1. The Balaban J connectivity index is 1.86. The van der Waals surface area contributed by atoms with Crippen LogP contribution in [0.25, 0.3) is 10.9 Å². The summed E-state index contributed by atoms with van der Waals surface area (Å²) in [7, 11) is 0. The Hall–Kier alpha value is -1.22. The predicted octanol–water partition coefficient (Wildman–Crippen LogP) is 4.49. The second-order valence-electron chi connectivity index (χ2n) is 5.56. The molecule has 1 aromatic carbocycles. The average Bonchev–Trinajstić information content (AvgIpc) is 2.42. The minimum absolute atomic E-state index is 0.722. The van der Waals surface area contributed by atoms with Crippen LogP contribution in [0.15, 0.2) is 35.4 Å². The van der Waals surface area contributed by atoms with Crippen LogP contribution in [-0.4, -0.2) is 10.2 Å². The fourth-order valence-electron chi connectivity index (χ4n) is 2.92. The van der Waals surface area contributed by atoms with Crippen molar-refractivity contribution < 1.29 is 0 Å². The molecule has 0 aliphatic heterocycles. The fourth-order valence-corrected chi connectivity index (χ4v) is 4.37. The molecule has 100 valence electrons. The van der Waals surface area contributed by atoms with Gasteiger partial charge in [-0.1, -0.05) is 19.8 Å². The van der Waals surface area contributed by atoms with Crippen molar-refractivity contribution in [3.05, 3.63) is 30.5 Å². The number of rotatable bonds is 2. The average molecular weight is 272 g/mol. The summed E-state index contributed by atoms with van der Waals surface area (Å²) in [6.07, 6.45) is 7.19. The number of pyridine rings is 1. The maximum absolute atomic E-state index is 6.31. The smallest absolute Gasteiger partial charge is 0.0723 e. The zero-order chi connectivity index (χ0) is 13.2. The van der Waals surface area contributed by atoms with E-state index in [2.05, 4.69) is 30.1 Å². The SMILES string of the molecule is CC1CCCC(Sc2ccc3ncccc3c2N)C1. The van der Waals surface area contributed by atoms with E-state index in [0.29, 0.717) is 0 Å². The third kappa shape index (κ3) is 2.71. The summed E-state index contributed by atoms with van der Waals surface area (Å²) >= 11 is 1.96. The highest BCUT2D eigenvalue weighted by atomic mass is 32.2. The lowest BCUT2D eigenvalue weighted by Crippen LogP contribution is -2.15. The summed E-state index contributed by atoms with van der Waals surface area (Å²) in [5.41, 5.74) is 8.19. The predicted molar refractivity (Wildman–Crippen MR) is 83.4 cm³/mol. The summed E-state index contributed by atoms with van der Waals surface area (Å²) in [6.45, 7) is 2.36. The highest BCUT2D eigenvalue weighted by molar-refractivity contribution is 8.00. The lowest BCUT2D eigenvalue weighted by atomic mass is 9.91. The molecule has 0 bridgehead atoms. The van der Waals surface area contributed by atoms with Crippen LogP contribution < -0.4 is 5.73 Å². The highest BCUT2D eigenvalue weighted by Gasteiger charge is 2.20. The number of aromatic nitrogens is 1. The normalized spacial score (nSPS) is 23.6. The number of hydrogen-bond donors (Lipinski definition) is 1. The number of hydrogen-bond acceptors (Lipinski definition) is 3. The first kappa shape index (κ1) is 12.8. The van der Waals surface area contributed by atoms with E-state index in [1.54, 1.807) is 0 Å². The monoisotopic (exact) mass is 272 g/mol. The van der Waals surface area contributed by atoms with Gasteiger partial charge >= 0.3 is 0 Å². The molecule has 2 N–H and O–H groups in total. The molecule has 1 aromatic heterocycles. The van der Waals surface area contributed by atoms with Crippen molar-refractivity contribution in [3.63, 3.8) is 0 Å². The second-order valence-corrected chi connectivity index (χ2v) is 6.90. The third-order valence-corrected chi connectivity index (χ3v) is 5.34. The van der Waals surface area contributed by atoms with E-state index < -0.39 is 0 Å². The molecular weight excluding hydrogens is 252 g/mol. The van der Waals surface area contributed by atoms with Crippen LogP contribution in [-0.2, 0) is 0 Å². The van der Waals surface area contributed by atoms with Gasteiger partial charge < -0.3 is 5.73 Å².